The predicted octanol–water partition coefficient (Wildman–Crippen LogP) is 5.04. The highest BCUT2D eigenvalue weighted by Gasteiger charge is 2.50. The number of ether oxygens (including phenoxy) is 3. The van der Waals surface area contributed by atoms with Crippen molar-refractivity contribution in [1.29, 1.82) is 0 Å². The number of fused-ring (bicyclic) bond motifs is 4. The SMILES string of the molecule is COc1cc(C(=O)N2CC3CCC2[C@@H]3NC(=O)OC(C)(C)C)cn2nc(-c3cc4ccc(N5CC(OC)C5)nc4n3CC3CC3)c(C)c12. The quantitative estimate of drug-likeness (QED) is 0.281. The lowest BCUT2D eigenvalue weighted by Gasteiger charge is -2.39. The number of carbonyl (C=O) groups excluding carboxylic acids is 2. The maximum Gasteiger partial charge on any atom is 0.407 e. The van der Waals surface area contributed by atoms with Crippen molar-refractivity contribution in [2.45, 2.75) is 83.7 Å². The van der Waals surface area contributed by atoms with Crippen LogP contribution in [-0.2, 0) is 16.0 Å². The Labute approximate surface area is 280 Å². The summed E-state index contributed by atoms with van der Waals surface area (Å²) in [5.74, 6) is 2.30. The Morgan fingerprint density at radius 2 is 1.83 bits per heavy atom. The Bertz CT molecular complexity index is 1920. The van der Waals surface area contributed by atoms with Gasteiger partial charge < -0.3 is 33.9 Å². The van der Waals surface area contributed by atoms with Crippen LogP contribution in [0.2, 0.25) is 0 Å². The van der Waals surface area contributed by atoms with E-state index in [1.165, 1.54) is 12.8 Å². The number of nitrogens with zero attached hydrogens (tertiary/aromatic N) is 6. The Kier molecular flexibility index (Phi) is 7.35. The van der Waals surface area contributed by atoms with E-state index in [2.05, 4.69) is 39.9 Å². The van der Waals surface area contributed by atoms with Gasteiger partial charge in [0.15, 0.2) is 0 Å². The van der Waals surface area contributed by atoms with Gasteiger partial charge in [0, 0.05) is 50.4 Å². The molecule has 1 N–H and O–H groups in total. The van der Waals surface area contributed by atoms with E-state index in [4.69, 9.17) is 24.3 Å². The van der Waals surface area contributed by atoms with E-state index in [1.807, 2.05) is 37.9 Å². The Balaban J connectivity index is 1.12. The molecule has 4 aromatic heterocycles. The molecule has 3 atom stereocenters. The number of likely N-dealkylation sites (tertiary alicyclic amines) is 1. The zero-order valence-electron chi connectivity index (χ0n) is 28.7. The van der Waals surface area contributed by atoms with Crippen LogP contribution in [0.25, 0.3) is 27.9 Å². The molecule has 254 valence electrons. The second-order valence-electron chi connectivity index (χ2n) is 15.0. The highest BCUT2D eigenvalue weighted by atomic mass is 16.6. The van der Waals surface area contributed by atoms with Gasteiger partial charge in [0.2, 0.25) is 0 Å². The number of carbonyl (C=O) groups is 2. The number of aryl methyl sites for hydroxylation is 1. The number of methoxy groups -OCH3 is 2. The number of pyridine rings is 2. The van der Waals surface area contributed by atoms with Crippen molar-refractivity contribution in [1.82, 2.24) is 29.4 Å². The van der Waals surface area contributed by atoms with E-state index in [-0.39, 0.29) is 30.0 Å². The van der Waals surface area contributed by atoms with Crippen molar-refractivity contribution in [2.75, 3.05) is 38.8 Å². The molecule has 48 heavy (non-hydrogen) atoms. The summed E-state index contributed by atoms with van der Waals surface area (Å²) in [6.45, 7) is 10.8. The summed E-state index contributed by atoms with van der Waals surface area (Å²) in [6.07, 6.45) is 5.88. The first-order valence-electron chi connectivity index (χ1n) is 17.2. The monoisotopic (exact) mass is 655 g/mol. The fourth-order valence-corrected chi connectivity index (χ4v) is 7.87. The number of nitrogens with one attached hydrogen (secondary N) is 1. The molecule has 2 unspecified atom stereocenters. The van der Waals surface area contributed by atoms with Crippen LogP contribution in [0.4, 0.5) is 10.6 Å². The zero-order valence-corrected chi connectivity index (χ0v) is 28.7. The predicted molar refractivity (Wildman–Crippen MR) is 182 cm³/mol. The van der Waals surface area contributed by atoms with Crippen molar-refractivity contribution in [3.05, 3.63) is 41.6 Å². The van der Waals surface area contributed by atoms with E-state index in [0.29, 0.717) is 23.8 Å². The number of piperidine rings is 1. The van der Waals surface area contributed by atoms with Gasteiger partial charge in [0.05, 0.1) is 36.6 Å². The number of hydrogen-bond acceptors (Lipinski definition) is 8. The van der Waals surface area contributed by atoms with Crippen molar-refractivity contribution in [3.8, 4) is 17.1 Å². The Morgan fingerprint density at radius 1 is 1.04 bits per heavy atom. The summed E-state index contributed by atoms with van der Waals surface area (Å²) >= 11 is 0. The first kappa shape index (κ1) is 31.0. The number of hydrogen-bond donors (Lipinski definition) is 1. The Hall–Kier alpha value is -4.32. The van der Waals surface area contributed by atoms with Crippen molar-refractivity contribution < 1.29 is 23.8 Å². The molecule has 4 aromatic rings. The second-order valence-corrected chi connectivity index (χ2v) is 15.0. The summed E-state index contributed by atoms with van der Waals surface area (Å²) in [6, 6.07) is 8.05. The third-order valence-corrected chi connectivity index (χ3v) is 10.5. The molecular weight excluding hydrogens is 610 g/mol. The largest absolute Gasteiger partial charge is 0.494 e. The standard InChI is InChI=1S/C36H45N7O5/c1-20-30(27-13-22-10-12-29(40-18-25(19-40)46-5)37-33(22)41(27)15-21-7-8-21)39-43-17-24(14-28(47-6)32(20)43)34(44)42-16-23-9-11-26(42)31(23)38-35(45)48-36(2,3)4/h10,12-14,17,21,23,25-26,31H,7-9,11,15-16,18-19H2,1-6H3,(H,38,45)/t23?,26?,31-/m1/s1. The van der Waals surface area contributed by atoms with Gasteiger partial charge in [-0.25, -0.2) is 14.3 Å². The summed E-state index contributed by atoms with van der Waals surface area (Å²) < 4.78 is 21.0. The molecule has 0 radical (unpaired) electrons. The van der Waals surface area contributed by atoms with Gasteiger partial charge in [-0.3, -0.25) is 4.79 Å². The summed E-state index contributed by atoms with van der Waals surface area (Å²) in [7, 11) is 3.39. The molecule has 4 aliphatic rings. The molecular formula is C36H45N7O5. The molecule has 2 saturated heterocycles. The third kappa shape index (κ3) is 5.34. The minimum Gasteiger partial charge on any atom is -0.494 e. The first-order chi connectivity index (χ1) is 23.0. The van der Waals surface area contributed by atoms with E-state index in [1.54, 1.807) is 18.7 Å². The van der Waals surface area contributed by atoms with Crippen LogP contribution in [0.5, 0.6) is 5.75 Å². The molecule has 2 bridgehead atoms. The highest BCUT2D eigenvalue weighted by molar-refractivity contribution is 5.96. The molecule has 6 heterocycles. The van der Waals surface area contributed by atoms with Crippen LogP contribution >= 0.6 is 0 Å². The minimum absolute atomic E-state index is 0.0844. The molecule has 8 rings (SSSR count). The topological polar surface area (TPSA) is 115 Å². The highest BCUT2D eigenvalue weighted by Crippen LogP contribution is 2.41. The second kappa shape index (κ2) is 11.4. The van der Waals surface area contributed by atoms with Crippen molar-refractivity contribution >= 4 is 34.4 Å². The fourth-order valence-electron chi connectivity index (χ4n) is 7.87. The average molecular weight is 656 g/mol. The van der Waals surface area contributed by atoms with E-state index in [0.717, 1.165) is 71.8 Å². The number of amides is 2. The number of alkyl carbamates (subject to hydrolysis) is 1. The van der Waals surface area contributed by atoms with Gasteiger partial charge in [0.25, 0.3) is 5.91 Å². The van der Waals surface area contributed by atoms with Crippen LogP contribution in [0.1, 0.15) is 62.4 Å². The molecule has 0 spiro atoms. The maximum atomic E-state index is 14.1. The molecule has 4 fully saturated rings. The van der Waals surface area contributed by atoms with Crippen molar-refractivity contribution in [3.63, 3.8) is 0 Å². The van der Waals surface area contributed by atoms with E-state index in [9.17, 15) is 9.59 Å². The average Bonchev–Trinajstić information content (AvgIpc) is 3.38. The van der Waals surface area contributed by atoms with Crippen LogP contribution < -0.4 is 15.0 Å². The molecule has 0 aromatic carbocycles. The van der Waals surface area contributed by atoms with Gasteiger partial charge in [-0.05, 0) is 89.5 Å². The number of rotatable bonds is 8. The van der Waals surface area contributed by atoms with E-state index < -0.39 is 11.7 Å². The van der Waals surface area contributed by atoms with Crippen LogP contribution in [0.3, 0.4) is 0 Å². The number of aromatic nitrogens is 4. The lowest BCUT2D eigenvalue weighted by molar-refractivity contribution is 0.0485. The van der Waals surface area contributed by atoms with Gasteiger partial charge in [-0.15, -0.1) is 0 Å². The van der Waals surface area contributed by atoms with Gasteiger partial charge >= 0.3 is 6.09 Å². The van der Waals surface area contributed by atoms with Crippen LogP contribution in [0.15, 0.2) is 30.5 Å². The molecule has 2 aliphatic carbocycles. The van der Waals surface area contributed by atoms with E-state index >= 15 is 0 Å². The van der Waals surface area contributed by atoms with Crippen LogP contribution in [0, 0.1) is 18.8 Å². The Morgan fingerprint density at radius 3 is 2.54 bits per heavy atom. The third-order valence-electron chi connectivity index (χ3n) is 10.5. The molecule has 2 aliphatic heterocycles. The summed E-state index contributed by atoms with van der Waals surface area (Å²) in [4.78, 5) is 36.0. The minimum atomic E-state index is -0.585. The number of anilines is 1. The smallest absolute Gasteiger partial charge is 0.407 e. The van der Waals surface area contributed by atoms with Crippen LogP contribution in [-0.4, -0.2) is 93.7 Å². The molecule has 2 saturated carbocycles. The van der Waals surface area contributed by atoms with Gasteiger partial charge in [-0.1, -0.05) is 0 Å². The first-order valence-corrected chi connectivity index (χ1v) is 17.2. The normalized spacial score (nSPS) is 22.5. The molecule has 12 heteroatoms. The molecule has 12 nitrogen and oxygen atoms in total. The maximum absolute atomic E-state index is 14.1. The molecule has 2 amide bonds. The lowest BCUT2D eigenvalue weighted by atomic mass is 10.1. The summed E-state index contributed by atoms with van der Waals surface area (Å²) in [5.41, 5.74) is 4.57. The van der Waals surface area contributed by atoms with Gasteiger partial charge in [-0.2, -0.15) is 5.10 Å². The lowest BCUT2D eigenvalue weighted by Crippen LogP contribution is -2.52. The summed E-state index contributed by atoms with van der Waals surface area (Å²) in [5, 5.41) is 9.24. The fraction of sp³-hybridized carbons (Fsp3) is 0.556. The van der Waals surface area contributed by atoms with Crippen molar-refractivity contribution in [2.24, 2.45) is 11.8 Å². The van der Waals surface area contributed by atoms with Gasteiger partial charge in [0.1, 0.15) is 34.0 Å². The zero-order chi connectivity index (χ0) is 33.5.